The van der Waals surface area contributed by atoms with E-state index in [2.05, 4.69) is 22.2 Å². The van der Waals surface area contributed by atoms with Crippen LogP contribution in [0.5, 0.6) is 0 Å². The van der Waals surface area contributed by atoms with E-state index in [0.29, 0.717) is 11.6 Å². The zero-order chi connectivity index (χ0) is 12.8. The van der Waals surface area contributed by atoms with E-state index in [1.807, 2.05) is 4.90 Å². The minimum atomic E-state index is 0.0474. The molecule has 1 unspecified atom stereocenters. The van der Waals surface area contributed by atoms with Gasteiger partial charge in [-0.2, -0.15) is 0 Å². The second kappa shape index (κ2) is 6.44. The molecule has 18 heavy (non-hydrogen) atoms. The van der Waals surface area contributed by atoms with Crippen LogP contribution in [0.25, 0.3) is 0 Å². The van der Waals surface area contributed by atoms with Gasteiger partial charge >= 0.3 is 0 Å². The molecule has 1 aliphatic rings. The molecule has 5 heteroatoms. The van der Waals surface area contributed by atoms with E-state index in [1.165, 1.54) is 6.33 Å². The van der Waals surface area contributed by atoms with E-state index in [9.17, 15) is 4.79 Å². The predicted molar refractivity (Wildman–Crippen MR) is 69.3 cm³/mol. The minimum Gasteiger partial charge on any atom is -0.334 e. The van der Waals surface area contributed by atoms with Crippen molar-refractivity contribution in [1.29, 1.82) is 0 Å². The number of carbonyl (C=O) groups excluding carboxylic acids is 1. The summed E-state index contributed by atoms with van der Waals surface area (Å²) in [5.41, 5.74) is 0.580. The van der Waals surface area contributed by atoms with Crippen molar-refractivity contribution >= 4 is 5.91 Å². The highest BCUT2D eigenvalue weighted by molar-refractivity contribution is 5.93. The van der Waals surface area contributed by atoms with Gasteiger partial charge in [0, 0.05) is 31.5 Å². The molecule has 1 amide bonds. The summed E-state index contributed by atoms with van der Waals surface area (Å²) in [6.45, 7) is 4.83. The largest absolute Gasteiger partial charge is 0.334 e. The molecule has 1 aromatic rings. The first-order chi connectivity index (χ1) is 8.83. The van der Waals surface area contributed by atoms with Crippen LogP contribution in [0.2, 0.25) is 0 Å². The van der Waals surface area contributed by atoms with Crippen molar-refractivity contribution in [3.8, 4) is 0 Å². The predicted octanol–water partition coefficient (Wildman–Crippen LogP) is 1.08. The Kier molecular flexibility index (Phi) is 4.64. The van der Waals surface area contributed by atoms with E-state index in [4.69, 9.17) is 0 Å². The molecular weight excluding hydrogens is 228 g/mol. The molecule has 0 aliphatic carbocycles. The molecule has 2 heterocycles. The summed E-state index contributed by atoms with van der Waals surface area (Å²) in [6, 6.07) is 0.298. The fourth-order valence-electron chi connectivity index (χ4n) is 2.37. The van der Waals surface area contributed by atoms with E-state index in [1.54, 1.807) is 12.4 Å². The van der Waals surface area contributed by atoms with Crippen molar-refractivity contribution in [3.63, 3.8) is 0 Å². The first-order valence-electron chi connectivity index (χ1n) is 6.59. The minimum absolute atomic E-state index is 0.0474. The summed E-state index contributed by atoms with van der Waals surface area (Å²) in [4.78, 5) is 22.3. The van der Waals surface area contributed by atoms with Crippen LogP contribution in [0, 0.1) is 0 Å². The molecule has 1 aliphatic heterocycles. The number of amides is 1. The Morgan fingerprint density at radius 2 is 2.28 bits per heavy atom. The summed E-state index contributed by atoms with van der Waals surface area (Å²) in [6.07, 6.45) is 7.80. The number of nitrogens with zero attached hydrogens (tertiary/aromatic N) is 3. The molecule has 2 rings (SSSR count). The van der Waals surface area contributed by atoms with E-state index in [-0.39, 0.29) is 5.91 Å². The number of hydrogen-bond donors (Lipinski definition) is 1. The van der Waals surface area contributed by atoms with Crippen LogP contribution in [0.3, 0.4) is 0 Å². The lowest BCUT2D eigenvalue weighted by molar-refractivity contribution is 0.0648. The third-order valence-corrected chi connectivity index (χ3v) is 3.24. The maximum atomic E-state index is 12.5. The van der Waals surface area contributed by atoms with Crippen LogP contribution in [-0.4, -0.2) is 46.5 Å². The van der Waals surface area contributed by atoms with Gasteiger partial charge in [-0.15, -0.1) is 0 Å². The molecule has 98 valence electrons. The van der Waals surface area contributed by atoms with Gasteiger partial charge in [-0.3, -0.25) is 4.79 Å². The van der Waals surface area contributed by atoms with Crippen LogP contribution in [0.4, 0.5) is 0 Å². The molecule has 5 nitrogen and oxygen atoms in total. The van der Waals surface area contributed by atoms with Crippen LogP contribution >= 0.6 is 0 Å². The Morgan fingerprint density at radius 3 is 2.89 bits per heavy atom. The second-order valence-electron chi connectivity index (χ2n) is 4.63. The lowest BCUT2D eigenvalue weighted by Crippen LogP contribution is -2.49. The van der Waals surface area contributed by atoms with Crippen molar-refractivity contribution in [2.75, 3.05) is 19.6 Å². The van der Waals surface area contributed by atoms with Crippen LogP contribution in [0.15, 0.2) is 18.7 Å². The highest BCUT2D eigenvalue weighted by Gasteiger charge is 2.25. The third kappa shape index (κ3) is 3.04. The molecule has 0 spiro atoms. The molecule has 1 saturated heterocycles. The monoisotopic (exact) mass is 248 g/mol. The van der Waals surface area contributed by atoms with Gasteiger partial charge in [0.05, 0.1) is 5.56 Å². The van der Waals surface area contributed by atoms with E-state index < -0.39 is 0 Å². The Labute approximate surface area is 108 Å². The molecule has 0 bridgehead atoms. The number of hydrogen-bond acceptors (Lipinski definition) is 4. The maximum absolute atomic E-state index is 12.5. The van der Waals surface area contributed by atoms with Gasteiger partial charge in [0.2, 0.25) is 0 Å². The summed E-state index contributed by atoms with van der Waals surface area (Å²) in [7, 11) is 0. The van der Waals surface area contributed by atoms with Gasteiger partial charge < -0.3 is 10.2 Å². The van der Waals surface area contributed by atoms with Gasteiger partial charge in [-0.25, -0.2) is 9.97 Å². The number of aromatic nitrogens is 2. The standard InChI is InChI=1S/C13H20N4O/c1-2-6-17(12-4-3-5-14-9-12)13(18)11-7-15-10-16-8-11/h7-8,10,12,14H,2-6,9H2,1H3. The number of rotatable bonds is 4. The Hall–Kier alpha value is -1.49. The van der Waals surface area contributed by atoms with E-state index >= 15 is 0 Å². The van der Waals surface area contributed by atoms with Crippen molar-refractivity contribution in [2.45, 2.75) is 32.2 Å². The molecule has 1 atom stereocenters. The quantitative estimate of drug-likeness (QED) is 0.866. The normalized spacial score (nSPS) is 19.5. The molecular formula is C13H20N4O. The Morgan fingerprint density at radius 1 is 1.50 bits per heavy atom. The Balaban J connectivity index is 2.11. The highest BCUT2D eigenvalue weighted by atomic mass is 16.2. The number of nitrogens with one attached hydrogen (secondary N) is 1. The summed E-state index contributed by atoms with van der Waals surface area (Å²) in [5.74, 6) is 0.0474. The van der Waals surface area contributed by atoms with Crippen molar-refractivity contribution in [2.24, 2.45) is 0 Å². The summed E-state index contributed by atoms with van der Waals surface area (Å²) >= 11 is 0. The van der Waals surface area contributed by atoms with Crippen LogP contribution < -0.4 is 5.32 Å². The Bertz CT molecular complexity index is 376. The maximum Gasteiger partial charge on any atom is 0.257 e. The van der Waals surface area contributed by atoms with Gasteiger partial charge in [0.1, 0.15) is 6.33 Å². The summed E-state index contributed by atoms with van der Waals surface area (Å²) in [5, 5.41) is 3.35. The van der Waals surface area contributed by atoms with E-state index in [0.717, 1.165) is 38.9 Å². The molecule has 0 saturated carbocycles. The van der Waals surface area contributed by atoms with Crippen LogP contribution in [0.1, 0.15) is 36.5 Å². The molecule has 1 aromatic heterocycles. The lowest BCUT2D eigenvalue weighted by Gasteiger charge is -2.34. The number of carbonyl (C=O) groups is 1. The number of piperidine rings is 1. The average Bonchev–Trinajstić information content (AvgIpc) is 2.46. The molecule has 0 aromatic carbocycles. The fraction of sp³-hybridized carbons (Fsp3) is 0.615. The smallest absolute Gasteiger partial charge is 0.257 e. The zero-order valence-corrected chi connectivity index (χ0v) is 10.8. The van der Waals surface area contributed by atoms with Gasteiger partial charge in [0.15, 0.2) is 0 Å². The first kappa shape index (κ1) is 13.0. The van der Waals surface area contributed by atoms with Crippen molar-refractivity contribution < 1.29 is 4.79 Å². The first-order valence-corrected chi connectivity index (χ1v) is 6.59. The van der Waals surface area contributed by atoms with Gasteiger partial charge in [0.25, 0.3) is 5.91 Å². The average molecular weight is 248 g/mol. The lowest BCUT2D eigenvalue weighted by atomic mass is 10.0. The molecule has 0 radical (unpaired) electrons. The van der Waals surface area contributed by atoms with Crippen LogP contribution in [-0.2, 0) is 0 Å². The third-order valence-electron chi connectivity index (χ3n) is 3.24. The highest BCUT2D eigenvalue weighted by Crippen LogP contribution is 2.14. The fourth-order valence-corrected chi connectivity index (χ4v) is 2.37. The topological polar surface area (TPSA) is 58.1 Å². The molecule has 1 fully saturated rings. The SMILES string of the molecule is CCCN(C(=O)c1cncnc1)C1CCCNC1. The van der Waals surface area contributed by atoms with Gasteiger partial charge in [-0.05, 0) is 25.8 Å². The van der Waals surface area contributed by atoms with Crippen molar-refractivity contribution in [3.05, 3.63) is 24.3 Å². The molecule has 1 N–H and O–H groups in total. The van der Waals surface area contributed by atoms with Crippen molar-refractivity contribution in [1.82, 2.24) is 20.2 Å². The second-order valence-corrected chi connectivity index (χ2v) is 4.63. The zero-order valence-electron chi connectivity index (χ0n) is 10.8. The van der Waals surface area contributed by atoms with Gasteiger partial charge in [-0.1, -0.05) is 6.92 Å². The summed E-state index contributed by atoms with van der Waals surface area (Å²) < 4.78 is 0.